The van der Waals surface area contributed by atoms with E-state index in [2.05, 4.69) is 53.6 Å². The average Bonchev–Trinajstić information content (AvgIpc) is 3.31. The highest BCUT2D eigenvalue weighted by Crippen LogP contribution is 2.27. The van der Waals surface area contributed by atoms with Crippen LogP contribution >= 0.6 is 11.8 Å². The Morgan fingerprint density at radius 3 is 2.72 bits per heavy atom. The maximum atomic E-state index is 10.9. The predicted octanol–water partition coefficient (Wildman–Crippen LogP) is 2.65. The number of aryl methyl sites for hydroxylation is 2. The zero-order valence-electron chi connectivity index (χ0n) is 17.2. The van der Waals surface area contributed by atoms with Crippen LogP contribution in [-0.2, 0) is 11.3 Å². The van der Waals surface area contributed by atoms with Gasteiger partial charge in [0.05, 0.1) is 24.0 Å². The third-order valence-electron chi connectivity index (χ3n) is 4.50. The Hall–Kier alpha value is -2.81. The topological polar surface area (TPSA) is 101 Å². The van der Waals surface area contributed by atoms with Crippen molar-refractivity contribution < 1.29 is 14.3 Å². The van der Waals surface area contributed by atoms with Crippen LogP contribution in [-0.4, -0.2) is 37.4 Å². The van der Waals surface area contributed by atoms with Gasteiger partial charge in [-0.05, 0) is 38.8 Å². The van der Waals surface area contributed by atoms with E-state index < -0.39 is 5.97 Å². The zero-order chi connectivity index (χ0) is 21.1. The largest absolute Gasteiger partial charge is 0.549 e. The molecule has 3 heterocycles. The summed E-state index contributed by atoms with van der Waals surface area (Å²) in [5.41, 5.74) is 4.03. The van der Waals surface area contributed by atoms with E-state index in [0.717, 1.165) is 35.1 Å². The number of nitrogens with zero attached hydrogens (tertiary/aromatic N) is 5. The number of carbonyl (C=O) groups excluding carboxylic acids is 1. The van der Waals surface area contributed by atoms with Gasteiger partial charge < -0.3 is 18.9 Å². The minimum atomic E-state index is -1.17. The second kappa shape index (κ2) is 8.69. The van der Waals surface area contributed by atoms with E-state index in [1.807, 2.05) is 6.92 Å². The molecule has 0 aliphatic heterocycles. The molecule has 0 saturated carbocycles. The Balaban J connectivity index is 2.00. The number of hydrogen-bond donors (Lipinski definition) is 0. The Morgan fingerprint density at radius 2 is 2.10 bits per heavy atom. The smallest absolute Gasteiger partial charge is 0.212 e. The highest BCUT2D eigenvalue weighted by Gasteiger charge is 2.17. The number of aromatic nitrogens is 4. The number of carbonyl (C=O) groups is 1. The van der Waals surface area contributed by atoms with Crippen molar-refractivity contribution >= 4 is 23.9 Å². The van der Waals surface area contributed by atoms with E-state index in [1.54, 1.807) is 23.2 Å². The number of furan rings is 1. The SMILES string of the molecule is Cc1occc1-c1nnc(SCC(=O)[O-])n1/N=C\c1cc(C)n(CC(C)C)c1C. The minimum absolute atomic E-state index is 0.235. The van der Waals surface area contributed by atoms with Crippen molar-refractivity contribution in [2.45, 2.75) is 46.3 Å². The van der Waals surface area contributed by atoms with Crippen LogP contribution in [0.1, 0.15) is 36.6 Å². The molecule has 0 unspecified atom stereocenters. The summed E-state index contributed by atoms with van der Waals surface area (Å²) >= 11 is 1.01. The maximum Gasteiger partial charge on any atom is 0.212 e. The predicted molar refractivity (Wildman–Crippen MR) is 110 cm³/mol. The standard InChI is InChI=1S/C20H25N5O3S/c1-12(2)10-24-13(3)8-16(14(24)4)9-21-25-19(17-6-7-28-15(17)5)22-23-20(25)29-11-18(26)27/h6-9,12H,10-11H2,1-5H3,(H,26,27)/p-1/b21-9-. The lowest BCUT2D eigenvalue weighted by atomic mass is 10.2. The monoisotopic (exact) mass is 414 g/mol. The fraction of sp³-hybridized carbons (Fsp3) is 0.400. The minimum Gasteiger partial charge on any atom is -0.549 e. The molecule has 0 aliphatic rings. The van der Waals surface area contributed by atoms with E-state index in [1.165, 1.54) is 5.69 Å². The zero-order valence-corrected chi connectivity index (χ0v) is 18.0. The molecule has 8 nitrogen and oxygen atoms in total. The van der Waals surface area contributed by atoms with Crippen LogP contribution in [0.25, 0.3) is 11.4 Å². The van der Waals surface area contributed by atoms with Gasteiger partial charge in [-0.2, -0.15) is 9.78 Å². The molecule has 0 bridgehead atoms. The van der Waals surface area contributed by atoms with Crippen LogP contribution in [0.2, 0.25) is 0 Å². The Bertz CT molecular complexity index is 1040. The molecule has 0 saturated heterocycles. The molecule has 0 aromatic carbocycles. The Kier molecular flexibility index (Phi) is 6.26. The number of carboxylic acids is 1. The highest BCUT2D eigenvalue weighted by molar-refractivity contribution is 7.99. The summed E-state index contributed by atoms with van der Waals surface area (Å²) in [7, 11) is 0. The highest BCUT2D eigenvalue weighted by atomic mass is 32.2. The summed E-state index contributed by atoms with van der Waals surface area (Å²) < 4.78 is 9.18. The maximum absolute atomic E-state index is 10.9. The van der Waals surface area contributed by atoms with Gasteiger partial charge in [0.1, 0.15) is 5.76 Å². The lowest BCUT2D eigenvalue weighted by Crippen LogP contribution is -2.24. The van der Waals surface area contributed by atoms with Crippen LogP contribution in [0, 0.1) is 26.7 Å². The summed E-state index contributed by atoms with van der Waals surface area (Å²) in [6.07, 6.45) is 3.32. The molecule has 0 spiro atoms. The quantitative estimate of drug-likeness (QED) is 0.415. The molecule has 154 valence electrons. The normalized spacial score (nSPS) is 11.8. The Morgan fingerprint density at radius 1 is 1.34 bits per heavy atom. The number of rotatable bonds is 8. The van der Waals surface area contributed by atoms with Gasteiger partial charge in [-0.3, -0.25) is 0 Å². The van der Waals surface area contributed by atoms with Gasteiger partial charge >= 0.3 is 0 Å². The van der Waals surface area contributed by atoms with Crippen molar-refractivity contribution in [1.29, 1.82) is 0 Å². The van der Waals surface area contributed by atoms with Crippen molar-refractivity contribution in [1.82, 2.24) is 19.4 Å². The second-order valence-electron chi connectivity index (χ2n) is 7.24. The van der Waals surface area contributed by atoms with Crippen molar-refractivity contribution in [3.8, 4) is 11.4 Å². The number of aliphatic carboxylic acids is 1. The fourth-order valence-electron chi connectivity index (χ4n) is 3.09. The lowest BCUT2D eigenvalue weighted by molar-refractivity contribution is -0.301. The van der Waals surface area contributed by atoms with E-state index in [0.29, 0.717) is 22.7 Å². The summed E-state index contributed by atoms with van der Waals surface area (Å²) in [5.74, 6) is 0.295. The van der Waals surface area contributed by atoms with Crippen molar-refractivity contribution in [2.24, 2.45) is 11.0 Å². The summed E-state index contributed by atoms with van der Waals surface area (Å²) in [4.78, 5) is 10.9. The van der Waals surface area contributed by atoms with Gasteiger partial charge in [-0.15, -0.1) is 10.2 Å². The number of thioether (sulfide) groups is 1. The average molecular weight is 415 g/mol. The summed E-state index contributed by atoms with van der Waals surface area (Å²) in [6.45, 7) is 11.3. The first-order valence-electron chi connectivity index (χ1n) is 9.31. The van der Waals surface area contributed by atoms with Crippen LogP contribution in [0.4, 0.5) is 0 Å². The molecule has 0 atom stereocenters. The summed E-state index contributed by atoms with van der Waals surface area (Å²) in [5, 5.41) is 24.1. The second-order valence-corrected chi connectivity index (χ2v) is 8.19. The molecule has 0 fully saturated rings. The Labute approximate surface area is 173 Å². The van der Waals surface area contributed by atoms with E-state index in [-0.39, 0.29) is 5.75 Å². The van der Waals surface area contributed by atoms with E-state index in [9.17, 15) is 9.90 Å². The van der Waals surface area contributed by atoms with Gasteiger partial charge in [0, 0.05) is 29.2 Å². The molecule has 3 aromatic heterocycles. The first-order chi connectivity index (χ1) is 13.8. The first-order valence-corrected chi connectivity index (χ1v) is 10.3. The van der Waals surface area contributed by atoms with E-state index in [4.69, 9.17) is 4.42 Å². The van der Waals surface area contributed by atoms with Crippen LogP contribution in [0.5, 0.6) is 0 Å². The molecule has 0 N–H and O–H groups in total. The van der Waals surface area contributed by atoms with Gasteiger partial charge in [-0.25, -0.2) is 0 Å². The van der Waals surface area contributed by atoms with Crippen molar-refractivity contribution in [3.63, 3.8) is 0 Å². The van der Waals surface area contributed by atoms with Crippen LogP contribution in [0.15, 0.2) is 33.1 Å². The molecule has 3 aromatic rings. The van der Waals surface area contributed by atoms with Crippen LogP contribution in [0.3, 0.4) is 0 Å². The molecule has 9 heteroatoms. The third kappa shape index (κ3) is 4.61. The fourth-order valence-corrected chi connectivity index (χ4v) is 3.69. The van der Waals surface area contributed by atoms with Gasteiger partial charge in [0.15, 0.2) is 5.82 Å². The molecule has 0 aliphatic carbocycles. The van der Waals surface area contributed by atoms with Gasteiger partial charge in [0.25, 0.3) is 0 Å². The summed E-state index contributed by atoms with van der Waals surface area (Å²) in [6, 6.07) is 3.87. The first kappa shape index (κ1) is 20.9. The van der Waals surface area contributed by atoms with E-state index >= 15 is 0 Å². The molecule has 29 heavy (non-hydrogen) atoms. The van der Waals surface area contributed by atoms with Crippen LogP contribution < -0.4 is 5.11 Å². The van der Waals surface area contributed by atoms with Gasteiger partial charge in [0.2, 0.25) is 5.16 Å². The lowest BCUT2D eigenvalue weighted by Gasteiger charge is -2.11. The van der Waals surface area contributed by atoms with Crippen molar-refractivity contribution in [2.75, 3.05) is 5.75 Å². The van der Waals surface area contributed by atoms with Gasteiger partial charge in [-0.1, -0.05) is 25.6 Å². The molecule has 0 radical (unpaired) electrons. The third-order valence-corrected chi connectivity index (χ3v) is 5.40. The molecule has 0 amide bonds. The van der Waals surface area contributed by atoms with Crippen molar-refractivity contribution in [3.05, 3.63) is 41.1 Å². The molecule has 3 rings (SSSR count). The number of hydrogen-bond acceptors (Lipinski definition) is 7. The molecular weight excluding hydrogens is 390 g/mol. The molecular formula is C20H24N5O3S-. The number of carboxylic acid groups (broad SMARTS) is 1.